The molecule has 30 heavy (non-hydrogen) atoms. The van der Waals surface area contributed by atoms with Crippen LogP contribution in [0.25, 0.3) is 0 Å². The van der Waals surface area contributed by atoms with Gasteiger partial charge in [0.15, 0.2) is 0 Å². The third kappa shape index (κ3) is 3.30. The number of nitrogens with zero attached hydrogens (tertiary/aromatic N) is 2. The molecule has 5 rings (SSSR count). The second kappa shape index (κ2) is 7.89. The molecular formula is C22H27N3O4S. The van der Waals surface area contributed by atoms with Gasteiger partial charge in [0.25, 0.3) is 5.91 Å². The summed E-state index contributed by atoms with van der Waals surface area (Å²) in [4.78, 5) is 42.4. The van der Waals surface area contributed by atoms with E-state index in [0.717, 1.165) is 59.8 Å². The second-order valence-corrected chi connectivity index (χ2v) is 9.73. The topological polar surface area (TPSA) is 79.0 Å². The van der Waals surface area contributed by atoms with E-state index in [2.05, 4.69) is 5.32 Å². The summed E-state index contributed by atoms with van der Waals surface area (Å²) in [6.07, 6.45) is 4.25. The van der Waals surface area contributed by atoms with Crippen molar-refractivity contribution >= 4 is 29.6 Å². The van der Waals surface area contributed by atoms with Gasteiger partial charge in [-0.25, -0.2) is 4.79 Å². The first-order valence-corrected chi connectivity index (χ1v) is 12.0. The fourth-order valence-corrected chi connectivity index (χ4v) is 6.41. The SMILES string of the molecule is O=C1NC2(CCc3ccccc32)C(=O)N1CC(=O)N(CC1CCCO1)C1CCSC1. The molecule has 3 heterocycles. The monoisotopic (exact) mass is 429 g/mol. The molecule has 1 spiro atoms. The number of nitrogens with one attached hydrogen (secondary N) is 1. The van der Waals surface area contributed by atoms with E-state index in [1.807, 2.05) is 40.9 Å². The number of thioether (sulfide) groups is 1. The van der Waals surface area contributed by atoms with Gasteiger partial charge in [0, 0.05) is 24.9 Å². The lowest BCUT2D eigenvalue weighted by molar-refractivity contribution is -0.141. The summed E-state index contributed by atoms with van der Waals surface area (Å²) in [6.45, 7) is 1.07. The molecule has 3 fully saturated rings. The van der Waals surface area contributed by atoms with Crippen LogP contribution in [0, 0.1) is 0 Å². The van der Waals surface area contributed by atoms with Crippen molar-refractivity contribution in [3.8, 4) is 0 Å². The van der Waals surface area contributed by atoms with Crippen LogP contribution in [-0.4, -0.2) is 71.0 Å². The van der Waals surface area contributed by atoms with Crippen molar-refractivity contribution in [2.24, 2.45) is 0 Å². The number of carbonyl (C=O) groups excluding carboxylic acids is 3. The molecule has 3 saturated heterocycles. The Labute approximate surface area is 180 Å². The van der Waals surface area contributed by atoms with Crippen LogP contribution in [0.4, 0.5) is 4.79 Å². The highest BCUT2D eigenvalue weighted by Crippen LogP contribution is 2.41. The number of fused-ring (bicyclic) bond motifs is 2. The molecule has 0 bridgehead atoms. The van der Waals surface area contributed by atoms with E-state index in [1.165, 1.54) is 0 Å². The number of urea groups is 1. The highest BCUT2D eigenvalue weighted by atomic mass is 32.2. The maximum Gasteiger partial charge on any atom is 0.325 e. The average Bonchev–Trinajstić information content (AvgIpc) is 3.53. The number of rotatable bonds is 5. The molecule has 1 N–H and O–H groups in total. The average molecular weight is 430 g/mol. The van der Waals surface area contributed by atoms with E-state index in [9.17, 15) is 14.4 Å². The molecule has 3 atom stereocenters. The van der Waals surface area contributed by atoms with E-state index < -0.39 is 11.6 Å². The number of hydrogen-bond acceptors (Lipinski definition) is 5. The van der Waals surface area contributed by atoms with Crippen LogP contribution in [0.1, 0.15) is 36.8 Å². The van der Waals surface area contributed by atoms with E-state index in [0.29, 0.717) is 13.0 Å². The standard InChI is InChI=1S/C22H27N3O4S/c26-19(24(16-8-11-30-14-16)12-17-5-3-10-29-17)13-25-20(27)22(23-21(25)28)9-7-15-4-1-2-6-18(15)22/h1-2,4,6,16-17H,3,5,7-14H2,(H,23,28). The quantitative estimate of drug-likeness (QED) is 0.724. The van der Waals surface area contributed by atoms with Gasteiger partial charge in [0.2, 0.25) is 5.91 Å². The van der Waals surface area contributed by atoms with E-state index in [-0.39, 0.29) is 30.5 Å². The minimum atomic E-state index is -1.02. The largest absolute Gasteiger partial charge is 0.376 e. The van der Waals surface area contributed by atoms with Crippen LogP contribution in [0.3, 0.4) is 0 Å². The van der Waals surface area contributed by atoms with Gasteiger partial charge < -0.3 is 15.0 Å². The normalized spacial score (nSPS) is 30.2. The fraction of sp³-hybridized carbons (Fsp3) is 0.591. The molecular weight excluding hydrogens is 402 g/mol. The molecule has 0 radical (unpaired) electrons. The predicted octanol–water partition coefficient (Wildman–Crippen LogP) is 1.89. The van der Waals surface area contributed by atoms with Gasteiger partial charge in [-0.15, -0.1) is 0 Å². The molecule has 8 heteroatoms. The number of benzene rings is 1. The summed E-state index contributed by atoms with van der Waals surface area (Å²) in [6, 6.07) is 7.42. The Bertz CT molecular complexity index is 866. The van der Waals surface area contributed by atoms with Crippen LogP contribution < -0.4 is 5.32 Å². The summed E-state index contributed by atoms with van der Waals surface area (Å²) < 4.78 is 5.76. The smallest absolute Gasteiger partial charge is 0.325 e. The summed E-state index contributed by atoms with van der Waals surface area (Å²) in [7, 11) is 0. The summed E-state index contributed by atoms with van der Waals surface area (Å²) in [5.74, 6) is 1.47. The third-order valence-electron chi connectivity index (χ3n) is 6.81. The Balaban J connectivity index is 1.34. The highest BCUT2D eigenvalue weighted by molar-refractivity contribution is 7.99. The lowest BCUT2D eigenvalue weighted by Crippen LogP contribution is -2.50. The Morgan fingerprint density at radius 1 is 1.30 bits per heavy atom. The summed E-state index contributed by atoms with van der Waals surface area (Å²) in [5.41, 5.74) is 0.931. The van der Waals surface area contributed by atoms with Crippen molar-refractivity contribution in [1.82, 2.24) is 15.1 Å². The van der Waals surface area contributed by atoms with Crippen molar-refractivity contribution in [3.63, 3.8) is 0 Å². The van der Waals surface area contributed by atoms with Crippen molar-refractivity contribution < 1.29 is 19.1 Å². The zero-order chi connectivity index (χ0) is 20.7. The molecule has 3 unspecified atom stereocenters. The van der Waals surface area contributed by atoms with Gasteiger partial charge in [0.1, 0.15) is 12.1 Å². The Morgan fingerprint density at radius 2 is 2.17 bits per heavy atom. The molecule has 7 nitrogen and oxygen atoms in total. The van der Waals surface area contributed by atoms with E-state index in [1.54, 1.807) is 0 Å². The fourth-order valence-electron chi connectivity index (χ4n) is 5.19. The lowest BCUT2D eigenvalue weighted by atomic mass is 9.92. The molecule has 4 aliphatic rings. The Kier molecular flexibility index (Phi) is 5.23. The molecule has 1 aromatic rings. The summed E-state index contributed by atoms with van der Waals surface area (Å²) >= 11 is 1.84. The van der Waals surface area contributed by atoms with Gasteiger partial charge >= 0.3 is 6.03 Å². The molecule has 0 aromatic heterocycles. The molecule has 1 aliphatic carbocycles. The van der Waals surface area contributed by atoms with Gasteiger partial charge in [-0.3, -0.25) is 14.5 Å². The van der Waals surface area contributed by atoms with Gasteiger partial charge in [-0.05, 0) is 49.0 Å². The molecule has 160 valence electrons. The van der Waals surface area contributed by atoms with Crippen molar-refractivity contribution in [1.29, 1.82) is 0 Å². The van der Waals surface area contributed by atoms with Gasteiger partial charge in [-0.2, -0.15) is 11.8 Å². The maximum atomic E-state index is 13.4. The first kappa shape index (κ1) is 19.9. The Morgan fingerprint density at radius 3 is 2.93 bits per heavy atom. The van der Waals surface area contributed by atoms with Crippen molar-refractivity contribution in [2.45, 2.75) is 49.8 Å². The van der Waals surface area contributed by atoms with Crippen LogP contribution in [0.15, 0.2) is 24.3 Å². The number of ether oxygens (including phenoxy) is 1. The minimum absolute atomic E-state index is 0.0516. The summed E-state index contributed by atoms with van der Waals surface area (Å²) in [5, 5.41) is 2.91. The minimum Gasteiger partial charge on any atom is -0.376 e. The van der Waals surface area contributed by atoms with Crippen LogP contribution in [0.2, 0.25) is 0 Å². The van der Waals surface area contributed by atoms with Crippen molar-refractivity contribution in [2.75, 3.05) is 31.2 Å². The second-order valence-electron chi connectivity index (χ2n) is 8.58. The van der Waals surface area contributed by atoms with Gasteiger partial charge in [-0.1, -0.05) is 24.3 Å². The van der Waals surface area contributed by atoms with Crippen LogP contribution in [-0.2, 0) is 26.3 Å². The lowest BCUT2D eigenvalue weighted by Gasteiger charge is -2.32. The molecule has 0 saturated carbocycles. The first-order valence-electron chi connectivity index (χ1n) is 10.8. The number of amides is 4. The zero-order valence-electron chi connectivity index (χ0n) is 17.0. The number of imide groups is 1. The predicted molar refractivity (Wildman–Crippen MR) is 113 cm³/mol. The number of aryl methyl sites for hydroxylation is 1. The van der Waals surface area contributed by atoms with Crippen LogP contribution in [0.5, 0.6) is 0 Å². The zero-order valence-corrected chi connectivity index (χ0v) is 17.8. The number of hydrogen-bond donors (Lipinski definition) is 1. The van der Waals surface area contributed by atoms with Crippen molar-refractivity contribution in [3.05, 3.63) is 35.4 Å². The van der Waals surface area contributed by atoms with E-state index >= 15 is 0 Å². The molecule has 1 aromatic carbocycles. The number of carbonyl (C=O) groups is 3. The first-order chi connectivity index (χ1) is 14.6. The highest BCUT2D eigenvalue weighted by Gasteiger charge is 2.55. The van der Waals surface area contributed by atoms with Gasteiger partial charge in [0.05, 0.1) is 6.10 Å². The maximum absolute atomic E-state index is 13.4. The third-order valence-corrected chi connectivity index (χ3v) is 7.95. The van der Waals surface area contributed by atoms with Crippen LogP contribution >= 0.6 is 11.8 Å². The molecule has 4 amide bonds. The van der Waals surface area contributed by atoms with E-state index in [4.69, 9.17) is 4.74 Å². The molecule has 3 aliphatic heterocycles. The Hall–Kier alpha value is -2.06.